The van der Waals surface area contributed by atoms with Crippen LogP contribution in [-0.4, -0.2) is 24.3 Å². The molecule has 0 saturated carbocycles. The van der Waals surface area contributed by atoms with Crippen LogP contribution in [0.5, 0.6) is 0 Å². The molecule has 0 amide bonds. The van der Waals surface area contributed by atoms with Gasteiger partial charge in [0.05, 0.1) is 11.9 Å². The molecule has 0 aromatic rings. The summed E-state index contributed by atoms with van der Waals surface area (Å²) in [5, 5.41) is 8.97. The largest absolute Gasteiger partial charge is 0.399 e. The van der Waals surface area contributed by atoms with Crippen LogP contribution in [0.4, 0.5) is 0 Å². The molecule has 2 N–H and O–H groups in total. The van der Waals surface area contributed by atoms with E-state index in [4.69, 9.17) is 5.73 Å². The topological polar surface area (TPSA) is 66.3 Å². The zero-order valence-electron chi connectivity index (χ0n) is 8.73. The summed E-state index contributed by atoms with van der Waals surface area (Å²) in [7, 11) is 0. The van der Waals surface area contributed by atoms with E-state index >= 15 is 0 Å². The summed E-state index contributed by atoms with van der Waals surface area (Å²) < 4.78 is 0. The monoisotopic (exact) mass is 193 g/mol. The van der Waals surface area contributed by atoms with Crippen molar-refractivity contribution in [2.75, 3.05) is 0 Å². The molecule has 0 radical (unpaired) electrons. The van der Waals surface area contributed by atoms with Crippen molar-refractivity contribution in [3.05, 3.63) is 11.5 Å². The Labute approximate surface area is 83.7 Å². The molecule has 5 nitrogen and oxygen atoms in total. The van der Waals surface area contributed by atoms with Crippen molar-refractivity contribution in [1.29, 1.82) is 0 Å². The molecule has 14 heavy (non-hydrogen) atoms. The highest BCUT2D eigenvalue weighted by Gasteiger charge is 2.22. The Balaban J connectivity index is 3.12. The Bertz CT molecular complexity index is 319. The van der Waals surface area contributed by atoms with Crippen molar-refractivity contribution < 1.29 is 0 Å². The maximum absolute atomic E-state index is 5.95. The van der Waals surface area contributed by atoms with E-state index < -0.39 is 0 Å². The minimum absolute atomic E-state index is 0.164. The second-order valence-corrected chi connectivity index (χ2v) is 3.96. The van der Waals surface area contributed by atoms with Gasteiger partial charge >= 0.3 is 0 Å². The second-order valence-electron chi connectivity index (χ2n) is 3.96. The number of nitrogens with zero attached hydrogens (tertiary/aromatic N) is 4. The molecule has 0 spiro atoms. The minimum atomic E-state index is -0.164. The maximum Gasteiger partial charge on any atom is 0.193 e. The molecule has 0 unspecified atom stereocenters. The van der Waals surface area contributed by atoms with Crippen molar-refractivity contribution in [2.24, 2.45) is 26.3 Å². The van der Waals surface area contributed by atoms with E-state index in [2.05, 4.69) is 21.9 Å². The molecule has 0 aliphatic carbocycles. The summed E-state index contributed by atoms with van der Waals surface area (Å²) in [6, 6.07) is 0. The van der Waals surface area contributed by atoms with E-state index in [0.29, 0.717) is 11.5 Å². The zero-order valence-corrected chi connectivity index (χ0v) is 8.73. The highest BCUT2D eigenvalue weighted by Crippen LogP contribution is 2.26. The molecule has 0 aromatic carbocycles. The van der Waals surface area contributed by atoms with Gasteiger partial charge in [0.2, 0.25) is 0 Å². The van der Waals surface area contributed by atoms with E-state index in [1.807, 2.05) is 20.8 Å². The van der Waals surface area contributed by atoms with Crippen molar-refractivity contribution in [3.63, 3.8) is 0 Å². The Kier molecular flexibility index (Phi) is 2.69. The molecular formula is C9H15N5. The molecule has 0 fully saturated rings. The number of hydrogen-bond donors (Lipinski definition) is 1. The van der Waals surface area contributed by atoms with Gasteiger partial charge in [-0.3, -0.25) is 0 Å². The quantitative estimate of drug-likeness (QED) is 0.635. The van der Waals surface area contributed by atoms with E-state index in [9.17, 15) is 0 Å². The first kappa shape index (κ1) is 10.4. The smallest absolute Gasteiger partial charge is 0.193 e. The zero-order chi connectivity index (χ0) is 10.8. The van der Waals surface area contributed by atoms with Gasteiger partial charge in [-0.05, 0) is 0 Å². The fourth-order valence-electron chi connectivity index (χ4n) is 0.919. The average Bonchev–Trinajstić information content (AvgIpc) is 2.15. The molecule has 76 valence electrons. The van der Waals surface area contributed by atoms with Crippen molar-refractivity contribution in [3.8, 4) is 0 Å². The summed E-state index contributed by atoms with van der Waals surface area (Å²) >= 11 is 0. The van der Waals surface area contributed by atoms with Crippen LogP contribution in [0.3, 0.4) is 0 Å². The number of hydrogen-bond acceptors (Lipinski definition) is 5. The summed E-state index contributed by atoms with van der Waals surface area (Å²) in [6.45, 7) is 9.41. The first-order chi connectivity index (χ1) is 6.46. The average molecular weight is 193 g/mol. The standard InChI is InChI=1S/C9H15N5/c1-9(2,3)7(10)8-12-5-6-13-14(8)11-4/h5-6H,4,10H2,1-3H3/b8-7-. The van der Waals surface area contributed by atoms with Crippen LogP contribution in [0.2, 0.25) is 0 Å². The van der Waals surface area contributed by atoms with Gasteiger partial charge in [0.1, 0.15) is 0 Å². The Hall–Kier alpha value is -1.65. The fourth-order valence-corrected chi connectivity index (χ4v) is 0.919. The highest BCUT2D eigenvalue weighted by atomic mass is 15.7. The summed E-state index contributed by atoms with van der Waals surface area (Å²) in [5.74, 6) is 0.537. The molecule has 0 saturated heterocycles. The van der Waals surface area contributed by atoms with Crippen LogP contribution >= 0.6 is 0 Å². The SMILES string of the molecule is C=NN1N=CC=N/C1=C(/N)C(C)(C)C. The van der Waals surface area contributed by atoms with Gasteiger partial charge < -0.3 is 5.73 Å². The maximum atomic E-state index is 5.95. The molecule has 5 heteroatoms. The normalized spacial score (nSPS) is 19.8. The van der Waals surface area contributed by atoms with Gasteiger partial charge in [0.15, 0.2) is 5.82 Å². The van der Waals surface area contributed by atoms with E-state index in [-0.39, 0.29) is 5.41 Å². The summed E-state index contributed by atoms with van der Waals surface area (Å²) in [6.07, 6.45) is 3.11. The molecule has 0 atom stereocenters. The van der Waals surface area contributed by atoms with Crippen LogP contribution in [0.1, 0.15) is 20.8 Å². The van der Waals surface area contributed by atoms with Gasteiger partial charge in [0.25, 0.3) is 0 Å². The van der Waals surface area contributed by atoms with Crippen molar-refractivity contribution in [1.82, 2.24) is 5.12 Å². The lowest BCUT2D eigenvalue weighted by Gasteiger charge is -2.24. The van der Waals surface area contributed by atoms with Crippen molar-refractivity contribution >= 4 is 19.1 Å². The summed E-state index contributed by atoms with van der Waals surface area (Å²) in [4.78, 5) is 4.12. The third-order valence-corrected chi connectivity index (χ3v) is 1.81. The van der Waals surface area contributed by atoms with E-state index in [0.717, 1.165) is 0 Å². The number of allylic oxidation sites excluding steroid dienone is 1. The fraction of sp³-hybridized carbons (Fsp3) is 0.444. The minimum Gasteiger partial charge on any atom is -0.399 e. The third-order valence-electron chi connectivity index (χ3n) is 1.81. The molecule has 0 aromatic heterocycles. The van der Waals surface area contributed by atoms with Crippen LogP contribution in [0.15, 0.2) is 26.7 Å². The highest BCUT2D eigenvalue weighted by molar-refractivity contribution is 6.16. The second kappa shape index (κ2) is 3.61. The predicted molar refractivity (Wildman–Crippen MR) is 59.0 cm³/mol. The molecule has 1 aliphatic heterocycles. The lowest BCUT2D eigenvalue weighted by atomic mass is 9.92. The molecular weight excluding hydrogens is 178 g/mol. The third kappa shape index (κ3) is 1.99. The number of nitrogens with two attached hydrogens (primary N) is 1. The van der Waals surface area contributed by atoms with E-state index in [1.54, 1.807) is 6.21 Å². The van der Waals surface area contributed by atoms with Gasteiger partial charge in [-0.1, -0.05) is 20.8 Å². The van der Waals surface area contributed by atoms with Gasteiger partial charge in [-0.2, -0.15) is 10.2 Å². The van der Waals surface area contributed by atoms with Crippen molar-refractivity contribution in [2.45, 2.75) is 20.8 Å². The van der Waals surface area contributed by atoms with Crippen LogP contribution < -0.4 is 5.73 Å². The Morgan fingerprint density at radius 3 is 2.64 bits per heavy atom. The van der Waals surface area contributed by atoms with Crippen LogP contribution in [-0.2, 0) is 0 Å². The van der Waals surface area contributed by atoms with Gasteiger partial charge in [0, 0.05) is 18.3 Å². The molecule has 1 heterocycles. The molecule has 0 bridgehead atoms. The summed E-state index contributed by atoms with van der Waals surface area (Å²) in [5.41, 5.74) is 6.43. The van der Waals surface area contributed by atoms with Crippen LogP contribution in [0.25, 0.3) is 0 Å². The molecule has 1 aliphatic rings. The van der Waals surface area contributed by atoms with Gasteiger partial charge in [-0.25, -0.2) is 4.99 Å². The number of hydrazone groups is 2. The van der Waals surface area contributed by atoms with Crippen LogP contribution in [0, 0.1) is 5.41 Å². The number of rotatable bonds is 1. The molecule has 1 rings (SSSR count). The van der Waals surface area contributed by atoms with Gasteiger partial charge in [-0.15, -0.1) is 5.12 Å². The first-order valence-electron chi connectivity index (χ1n) is 4.30. The lowest BCUT2D eigenvalue weighted by Crippen LogP contribution is -2.25. The first-order valence-corrected chi connectivity index (χ1v) is 4.30. The Morgan fingerprint density at radius 1 is 1.50 bits per heavy atom. The number of aliphatic imine (C=N–C) groups is 1. The lowest BCUT2D eigenvalue weighted by molar-refractivity contribution is 0.360. The predicted octanol–water partition coefficient (Wildman–Crippen LogP) is 1.15. The Morgan fingerprint density at radius 2 is 2.14 bits per heavy atom. The van der Waals surface area contributed by atoms with E-state index in [1.165, 1.54) is 11.3 Å².